The Hall–Kier alpha value is -3.17. The van der Waals surface area contributed by atoms with Crippen LogP contribution >= 0.6 is 11.6 Å². The minimum absolute atomic E-state index is 0.344. The molecule has 2 aromatic heterocycles. The normalized spacial score (nSPS) is 14.9. The average molecular weight is 418 g/mol. The lowest BCUT2D eigenvalue weighted by atomic mass is 10.1. The van der Waals surface area contributed by atoms with E-state index in [4.69, 9.17) is 16.4 Å². The molecule has 0 spiro atoms. The molecule has 9 nitrogen and oxygen atoms in total. The molecule has 1 aliphatic heterocycles. The van der Waals surface area contributed by atoms with Crippen molar-refractivity contribution in [3.05, 3.63) is 59.4 Å². The third-order valence-corrected chi connectivity index (χ3v) is 5.03. The van der Waals surface area contributed by atoms with Crippen LogP contribution in [0.3, 0.4) is 0 Å². The van der Waals surface area contributed by atoms with Gasteiger partial charge in [0.15, 0.2) is 0 Å². The summed E-state index contributed by atoms with van der Waals surface area (Å²) < 4.78 is 2.48. The SMILES string of the molecule is O=C(On1c(O)ccc1O)N1CCN(Cc2ccc(Cl)cc2-n2cccn2)CC1. The van der Waals surface area contributed by atoms with E-state index in [0.29, 0.717) is 42.5 Å². The lowest BCUT2D eigenvalue weighted by Gasteiger charge is -2.34. The highest BCUT2D eigenvalue weighted by Crippen LogP contribution is 2.22. The highest BCUT2D eigenvalue weighted by Gasteiger charge is 2.25. The van der Waals surface area contributed by atoms with Gasteiger partial charge in [0.25, 0.3) is 0 Å². The van der Waals surface area contributed by atoms with Crippen LogP contribution in [0.15, 0.2) is 48.8 Å². The number of carbonyl (C=O) groups is 1. The maximum absolute atomic E-state index is 12.3. The summed E-state index contributed by atoms with van der Waals surface area (Å²) in [7, 11) is 0. The Morgan fingerprint density at radius 1 is 1.10 bits per heavy atom. The van der Waals surface area contributed by atoms with Gasteiger partial charge in [-0.05, 0) is 23.8 Å². The molecule has 0 aliphatic carbocycles. The van der Waals surface area contributed by atoms with E-state index in [9.17, 15) is 15.0 Å². The largest absolute Gasteiger partial charge is 0.492 e. The summed E-state index contributed by atoms with van der Waals surface area (Å²) in [5, 5.41) is 24.1. The van der Waals surface area contributed by atoms with Crippen molar-refractivity contribution in [1.29, 1.82) is 0 Å². The van der Waals surface area contributed by atoms with Gasteiger partial charge in [-0.15, -0.1) is 4.73 Å². The van der Waals surface area contributed by atoms with Crippen LogP contribution in [0.4, 0.5) is 4.79 Å². The van der Waals surface area contributed by atoms with Gasteiger partial charge in [0.05, 0.1) is 5.69 Å². The van der Waals surface area contributed by atoms with Crippen molar-refractivity contribution < 1.29 is 19.8 Å². The highest BCUT2D eigenvalue weighted by molar-refractivity contribution is 6.30. The molecule has 1 aliphatic rings. The number of amides is 1. The molecule has 0 saturated carbocycles. The Labute approximate surface area is 171 Å². The molecule has 10 heteroatoms. The zero-order valence-corrected chi connectivity index (χ0v) is 16.2. The molecule has 1 fully saturated rings. The Bertz CT molecular complexity index is 977. The smallest absolute Gasteiger partial charge is 0.434 e. The van der Waals surface area contributed by atoms with E-state index in [-0.39, 0.29) is 11.8 Å². The lowest BCUT2D eigenvalue weighted by molar-refractivity contribution is 0.0555. The van der Waals surface area contributed by atoms with Gasteiger partial charge in [0, 0.05) is 62.3 Å². The molecule has 0 atom stereocenters. The van der Waals surface area contributed by atoms with Crippen LogP contribution in [-0.2, 0) is 6.54 Å². The van der Waals surface area contributed by atoms with Crippen LogP contribution in [-0.4, -0.2) is 66.8 Å². The summed E-state index contributed by atoms with van der Waals surface area (Å²) in [6.45, 7) is 2.92. The lowest BCUT2D eigenvalue weighted by Crippen LogP contribution is -2.50. The number of rotatable bonds is 4. The predicted octanol–water partition coefficient (Wildman–Crippen LogP) is 2.10. The summed E-state index contributed by atoms with van der Waals surface area (Å²) in [5.74, 6) is -0.688. The van der Waals surface area contributed by atoms with E-state index < -0.39 is 6.09 Å². The number of carbonyl (C=O) groups excluding carboxylic acids is 1. The van der Waals surface area contributed by atoms with Crippen LogP contribution in [0.25, 0.3) is 5.69 Å². The van der Waals surface area contributed by atoms with E-state index in [1.54, 1.807) is 10.9 Å². The Morgan fingerprint density at radius 2 is 1.83 bits per heavy atom. The molecule has 4 rings (SSSR count). The summed E-state index contributed by atoms with van der Waals surface area (Å²) in [6, 6.07) is 10.1. The van der Waals surface area contributed by atoms with Gasteiger partial charge >= 0.3 is 6.09 Å². The number of hydrogen-bond acceptors (Lipinski definition) is 6. The summed E-state index contributed by atoms with van der Waals surface area (Å²) in [6.07, 6.45) is 2.96. The average Bonchev–Trinajstić information content (AvgIpc) is 3.36. The van der Waals surface area contributed by atoms with Crippen molar-refractivity contribution in [2.24, 2.45) is 0 Å². The predicted molar refractivity (Wildman–Crippen MR) is 105 cm³/mol. The fourth-order valence-electron chi connectivity index (χ4n) is 3.26. The molecule has 1 amide bonds. The minimum Gasteiger partial charge on any atom is -0.492 e. The first-order valence-electron chi connectivity index (χ1n) is 9.09. The standard InChI is InChI=1S/C19H20ClN5O4/c20-15-3-2-14(16(12-15)24-7-1-6-21-24)13-22-8-10-23(11-9-22)19(28)29-25-17(26)4-5-18(25)27/h1-7,12,26-27H,8-11,13H2. The molecule has 0 radical (unpaired) electrons. The van der Waals surface area contributed by atoms with Crippen molar-refractivity contribution >= 4 is 17.7 Å². The minimum atomic E-state index is -0.629. The van der Waals surface area contributed by atoms with Crippen LogP contribution in [0, 0.1) is 0 Å². The van der Waals surface area contributed by atoms with E-state index in [1.807, 2.05) is 30.5 Å². The van der Waals surface area contributed by atoms with E-state index in [0.717, 1.165) is 11.3 Å². The van der Waals surface area contributed by atoms with Gasteiger partial charge in [-0.2, -0.15) is 5.10 Å². The fraction of sp³-hybridized carbons (Fsp3) is 0.263. The van der Waals surface area contributed by atoms with Crippen LogP contribution in [0.2, 0.25) is 5.02 Å². The van der Waals surface area contributed by atoms with E-state index in [2.05, 4.69) is 10.00 Å². The van der Waals surface area contributed by atoms with Gasteiger partial charge in [0.1, 0.15) is 0 Å². The van der Waals surface area contributed by atoms with Crippen molar-refractivity contribution in [1.82, 2.24) is 24.3 Å². The van der Waals surface area contributed by atoms with Gasteiger partial charge in [0.2, 0.25) is 11.8 Å². The quantitative estimate of drug-likeness (QED) is 0.675. The number of aromatic nitrogens is 3. The zero-order valence-electron chi connectivity index (χ0n) is 15.5. The van der Waals surface area contributed by atoms with Crippen LogP contribution in [0.1, 0.15) is 5.56 Å². The second kappa shape index (κ2) is 8.06. The van der Waals surface area contributed by atoms with Gasteiger partial charge in [-0.3, -0.25) is 4.90 Å². The van der Waals surface area contributed by atoms with Gasteiger partial charge < -0.3 is 20.0 Å². The molecule has 3 aromatic rings. The second-order valence-electron chi connectivity index (χ2n) is 6.69. The Kier molecular flexibility index (Phi) is 5.32. The Morgan fingerprint density at radius 3 is 2.48 bits per heavy atom. The molecular weight excluding hydrogens is 398 g/mol. The monoisotopic (exact) mass is 417 g/mol. The topological polar surface area (TPSA) is 96.0 Å². The van der Waals surface area contributed by atoms with E-state index in [1.165, 1.54) is 17.0 Å². The molecule has 1 aromatic carbocycles. The van der Waals surface area contributed by atoms with E-state index >= 15 is 0 Å². The van der Waals surface area contributed by atoms with Crippen molar-refractivity contribution in [3.63, 3.8) is 0 Å². The molecule has 3 heterocycles. The Balaban J connectivity index is 1.38. The number of aromatic hydroxyl groups is 2. The third-order valence-electron chi connectivity index (χ3n) is 4.79. The second-order valence-corrected chi connectivity index (χ2v) is 7.12. The number of hydrogen-bond donors (Lipinski definition) is 2. The first-order chi connectivity index (χ1) is 14.0. The molecule has 0 unspecified atom stereocenters. The third kappa shape index (κ3) is 4.15. The number of nitrogens with zero attached hydrogens (tertiary/aromatic N) is 5. The number of benzene rings is 1. The maximum Gasteiger partial charge on any atom is 0.434 e. The zero-order chi connectivity index (χ0) is 20.4. The summed E-state index contributed by atoms with van der Waals surface area (Å²) in [5.41, 5.74) is 2.00. The van der Waals surface area contributed by atoms with Crippen molar-refractivity contribution in [2.75, 3.05) is 26.2 Å². The molecule has 0 bridgehead atoms. The molecule has 2 N–H and O–H groups in total. The van der Waals surface area contributed by atoms with Crippen molar-refractivity contribution in [2.45, 2.75) is 6.54 Å². The first kappa shape index (κ1) is 19.2. The van der Waals surface area contributed by atoms with Crippen LogP contribution < -0.4 is 4.84 Å². The number of halogens is 1. The molecule has 29 heavy (non-hydrogen) atoms. The van der Waals surface area contributed by atoms with Crippen LogP contribution in [0.5, 0.6) is 11.8 Å². The summed E-state index contributed by atoms with van der Waals surface area (Å²) >= 11 is 6.16. The highest BCUT2D eigenvalue weighted by atomic mass is 35.5. The van der Waals surface area contributed by atoms with Crippen molar-refractivity contribution in [3.8, 4) is 17.4 Å². The van der Waals surface area contributed by atoms with Gasteiger partial charge in [-0.25, -0.2) is 9.48 Å². The number of piperazine rings is 1. The fourth-order valence-corrected chi connectivity index (χ4v) is 3.42. The molecular formula is C19H20ClN5O4. The first-order valence-corrected chi connectivity index (χ1v) is 9.47. The summed E-state index contributed by atoms with van der Waals surface area (Å²) in [4.78, 5) is 21.1. The molecule has 1 saturated heterocycles. The molecule has 152 valence electrons. The van der Waals surface area contributed by atoms with Gasteiger partial charge in [-0.1, -0.05) is 17.7 Å². The maximum atomic E-state index is 12.3.